The first-order valence-corrected chi connectivity index (χ1v) is 8.22. The average molecular weight is 277 g/mol. The highest BCUT2D eigenvalue weighted by molar-refractivity contribution is 6.23. The van der Waals surface area contributed by atoms with Crippen molar-refractivity contribution in [1.82, 2.24) is 0 Å². The van der Waals surface area contributed by atoms with E-state index in [2.05, 4.69) is 20.8 Å². The summed E-state index contributed by atoms with van der Waals surface area (Å²) in [7, 11) is 0. The third-order valence-corrected chi connectivity index (χ3v) is 4.68. The largest absolute Gasteiger partial charge is 0.396 e. The molecule has 0 spiro atoms. The fourth-order valence-corrected chi connectivity index (χ4v) is 2.54. The van der Waals surface area contributed by atoms with Crippen molar-refractivity contribution < 1.29 is 5.11 Å². The monoisotopic (exact) mass is 276 g/mol. The Kier molecular flexibility index (Phi) is 11.3. The topological polar surface area (TPSA) is 20.2 Å². The van der Waals surface area contributed by atoms with E-state index in [1.165, 1.54) is 57.8 Å². The molecule has 0 aromatic carbocycles. The van der Waals surface area contributed by atoms with Gasteiger partial charge < -0.3 is 5.11 Å². The molecule has 0 aromatic heterocycles. The molecule has 0 aliphatic carbocycles. The van der Waals surface area contributed by atoms with Crippen molar-refractivity contribution in [2.45, 2.75) is 89.9 Å². The van der Waals surface area contributed by atoms with Crippen LogP contribution in [0.2, 0.25) is 0 Å². The summed E-state index contributed by atoms with van der Waals surface area (Å²) < 4.78 is 0. The molecule has 2 atom stereocenters. The second kappa shape index (κ2) is 11.1. The Morgan fingerprint density at radius 3 is 2.00 bits per heavy atom. The van der Waals surface area contributed by atoms with Gasteiger partial charge in [-0.25, -0.2) is 0 Å². The Bertz CT molecular complexity index is 180. The number of hydrogen-bond acceptors (Lipinski definition) is 1. The van der Waals surface area contributed by atoms with Crippen LogP contribution in [-0.2, 0) is 0 Å². The highest BCUT2D eigenvalue weighted by Crippen LogP contribution is 2.32. The third kappa shape index (κ3) is 9.22. The van der Waals surface area contributed by atoms with Crippen LogP contribution in [0.15, 0.2) is 0 Å². The summed E-state index contributed by atoms with van der Waals surface area (Å²) >= 11 is 6.42. The Morgan fingerprint density at radius 2 is 1.50 bits per heavy atom. The van der Waals surface area contributed by atoms with Crippen LogP contribution in [0.4, 0.5) is 0 Å². The molecule has 0 aliphatic heterocycles. The molecule has 110 valence electrons. The fourth-order valence-electron chi connectivity index (χ4n) is 2.35. The van der Waals surface area contributed by atoms with Gasteiger partial charge in [0.1, 0.15) is 0 Å². The summed E-state index contributed by atoms with van der Waals surface area (Å²) in [6.45, 7) is 6.72. The maximum atomic E-state index is 8.98. The summed E-state index contributed by atoms with van der Waals surface area (Å²) in [5.41, 5.74) is 0. The van der Waals surface area contributed by atoms with Crippen molar-refractivity contribution in [3.63, 3.8) is 0 Å². The van der Waals surface area contributed by atoms with Crippen molar-refractivity contribution in [3.8, 4) is 0 Å². The zero-order chi connectivity index (χ0) is 13.9. The van der Waals surface area contributed by atoms with E-state index in [1.807, 2.05) is 0 Å². The molecule has 2 heteroatoms. The zero-order valence-corrected chi connectivity index (χ0v) is 13.4. The molecule has 0 bridgehead atoms. The number of unbranched alkanes of at least 4 members (excludes halogenated alkanes) is 7. The molecule has 0 amide bonds. The normalized spacial score (nSPS) is 16.5. The van der Waals surface area contributed by atoms with Gasteiger partial charge in [-0.3, -0.25) is 0 Å². The molecule has 0 rings (SSSR count). The molecule has 0 heterocycles. The zero-order valence-electron chi connectivity index (χ0n) is 12.7. The van der Waals surface area contributed by atoms with Gasteiger partial charge in [0.25, 0.3) is 0 Å². The van der Waals surface area contributed by atoms with Crippen molar-refractivity contribution in [2.75, 3.05) is 6.61 Å². The van der Waals surface area contributed by atoms with Gasteiger partial charge in [-0.1, -0.05) is 65.2 Å². The van der Waals surface area contributed by atoms with Gasteiger partial charge in [-0.2, -0.15) is 0 Å². The van der Waals surface area contributed by atoms with Crippen LogP contribution in [0, 0.1) is 5.92 Å². The van der Waals surface area contributed by atoms with E-state index in [-0.39, 0.29) is 11.5 Å². The van der Waals surface area contributed by atoms with Crippen molar-refractivity contribution >= 4 is 11.6 Å². The Labute approximate surface area is 119 Å². The summed E-state index contributed by atoms with van der Waals surface area (Å²) in [6, 6.07) is 0. The average Bonchev–Trinajstić information content (AvgIpc) is 2.32. The first-order valence-electron chi connectivity index (χ1n) is 7.84. The molecule has 1 N–H and O–H groups in total. The lowest BCUT2D eigenvalue weighted by Gasteiger charge is -2.28. The van der Waals surface area contributed by atoms with E-state index in [0.717, 1.165) is 0 Å². The molecule has 18 heavy (non-hydrogen) atoms. The van der Waals surface area contributed by atoms with Crippen LogP contribution in [-0.4, -0.2) is 16.6 Å². The van der Waals surface area contributed by atoms with Crippen LogP contribution in [0.5, 0.6) is 0 Å². The van der Waals surface area contributed by atoms with Crippen molar-refractivity contribution in [3.05, 3.63) is 0 Å². The Balaban J connectivity index is 3.42. The number of aliphatic hydroxyl groups excluding tert-OH is 1. The van der Waals surface area contributed by atoms with Crippen LogP contribution >= 0.6 is 11.6 Å². The minimum Gasteiger partial charge on any atom is -0.396 e. The lowest BCUT2D eigenvalue weighted by molar-refractivity contribution is 0.242. The van der Waals surface area contributed by atoms with Crippen LogP contribution in [0.3, 0.4) is 0 Å². The molecular formula is C16H33ClO. The first kappa shape index (κ1) is 18.2. The molecule has 1 nitrogen and oxygen atoms in total. The van der Waals surface area contributed by atoms with E-state index in [0.29, 0.717) is 12.3 Å². The van der Waals surface area contributed by atoms with Crippen LogP contribution in [0.25, 0.3) is 0 Å². The first-order chi connectivity index (χ1) is 8.54. The summed E-state index contributed by atoms with van der Waals surface area (Å²) in [6.07, 6.45) is 12.8. The predicted molar refractivity (Wildman–Crippen MR) is 82.4 cm³/mol. The van der Waals surface area contributed by atoms with Crippen LogP contribution in [0.1, 0.15) is 85.0 Å². The number of hydrogen-bond donors (Lipinski definition) is 1. The number of alkyl halides is 1. The minimum absolute atomic E-state index is 0.196. The molecule has 0 aromatic rings. The SMILES string of the molecule is CCCCCCCCCCC(C)C(C)(Cl)CCO. The predicted octanol–water partition coefficient (Wildman–Crippen LogP) is 5.53. The number of rotatable bonds is 12. The maximum Gasteiger partial charge on any atom is 0.0466 e. The van der Waals surface area contributed by atoms with Crippen molar-refractivity contribution in [1.29, 1.82) is 0 Å². The quantitative estimate of drug-likeness (QED) is 0.367. The molecule has 0 fully saturated rings. The summed E-state index contributed by atoms with van der Waals surface area (Å²) in [5, 5.41) is 8.98. The minimum atomic E-state index is -0.226. The van der Waals surface area contributed by atoms with E-state index in [1.54, 1.807) is 0 Å². The molecular weight excluding hydrogens is 244 g/mol. The lowest BCUT2D eigenvalue weighted by Crippen LogP contribution is -2.27. The molecule has 0 saturated carbocycles. The highest BCUT2D eigenvalue weighted by atomic mass is 35.5. The molecule has 2 unspecified atom stereocenters. The molecule has 0 radical (unpaired) electrons. The smallest absolute Gasteiger partial charge is 0.0466 e. The lowest BCUT2D eigenvalue weighted by atomic mass is 9.87. The standard InChI is InChI=1S/C16H33ClO/c1-4-5-6-7-8-9-10-11-12-15(2)16(3,17)13-14-18/h15,18H,4-14H2,1-3H3. The molecule has 0 aliphatic rings. The van der Waals surface area contributed by atoms with E-state index in [4.69, 9.17) is 16.7 Å². The van der Waals surface area contributed by atoms with Gasteiger partial charge >= 0.3 is 0 Å². The van der Waals surface area contributed by atoms with Gasteiger partial charge in [0.15, 0.2) is 0 Å². The summed E-state index contributed by atoms with van der Waals surface area (Å²) in [5.74, 6) is 0.492. The Hall–Kier alpha value is 0.250. The number of aliphatic hydroxyl groups is 1. The van der Waals surface area contributed by atoms with E-state index in [9.17, 15) is 0 Å². The van der Waals surface area contributed by atoms with Gasteiger partial charge in [0.2, 0.25) is 0 Å². The van der Waals surface area contributed by atoms with Gasteiger partial charge in [-0.05, 0) is 25.7 Å². The van der Waals surface area contributed by atoms with Gasteiger partial charge in [0, 0.05) is 11.5 Å². The number of halogens is 1. The second-order valence-corrected chi connectivity index (χ2v) is 6.78. The Morgan fingerprint density at radius 1 is 1.00 bits per heavy atom. The summed E-state index contributed by atoms with van der Waals surface area (Å²) in [4.78, 5) is -0.226. The van der Waals surface area contributed by atoms with Crippen molar-refractivity contribution in [2.24, 2.45) is 5.92 Å². The van der Waals surface area contributed by atoms with E-state index >= 15 is 0 Å². The molecule has 0 saturated heterocycles. The fraction of sp³-hybridized carbons (Fsp3) is 1.00. The van der Waals surface area contributed by atoms with Gasteiger partial charge in [0.05, 0.1) is 0 Å². The van der Waals surface area contributed by atoms with Gasteiger partial charge in [-0.15, -0.1) is 11.6 Å². The van der Waals surface area contributed by atoms with E-state index < -0.39 is 0 Å². The van der Waals surface area contributed by atoms with Crippen LogP contribution < -0.4 is 0 Å². The second-order valence-electron chi connectivity index (χ2n) is 5.92. The third-order valence-electron chi connectivity index (χ3n) is 4.12. The maximum absolute atomic E-state index is 8.98. The highest BCUT2D eigenvalue weighted by Gasteiger charge is 2.27.